The van der Waals surface area contributed by atoms with Crippen molar-refractivity contribution in [3.63, 3.8) is 0 Å². The van der Waals surface area contributed by atoms with E-state index >= 15 is 0 Å². The molecule has 0 radical (unpaired) electrons. The summed E-state index contributed by atoms with van der Waals surface area (Å²) in [6, 6.07) is 0.520. The third-order valence-electron chi connectivity index (χ3n) is 3.09. The Balaban J connectivity index is 2.01. The SMILES string of the molecule is N[C@H]1CC[C@H]2CNCC[C@@H]21. The molecule has 2 fully saturated rings. The van der Waals surface area contributed by atoms with Crippen LogP contribution >= 0.6 is 0 Å². The summed E-state index contributed by atoms with van der Waals surface area (Å²) in [7, 11) is 0. The highest BCUT2D eigenvalue weighted by Crippen LogP contribution is 2.34. The molecule has 0 bridgehead atoms. The van der Waals surface area contributed by atoms with Crippen molar-refractivity contribution in [1.82, 2.24) is 5.32 Å². The molecule has 1 aliphatic carbocycles. The molecule has 58 valence electrons. The summed E-state index contributed by atoms with van der Waals surface area (Å²) in [5.41, 5.74) is 5.96. The lowest BCUT2D eigenvalue weighted by molar-refractivity contribution is 0.277. The molecule has 0 spiro atoms. The molecule has 0 unspecified atom stereocenters. The van der Waals surface area contributed by atoms with Gasteiger partial charge in [0.15, 0.2) is 0 Å². The van der Waals surface area contributed by atoms with Gasteiger partial charge in [0.2, 0.25) is 0 Å². The fraction of sp³-hybridized carbons (Fsp3) is 1.00. The molecule has 3 N–H and O–H groups in total. The highest BCUT2D eigenvalue weighted by atomic mass is 14.9. The number of rotatable bonds is 0. The number of hydrogen-bond donors (Lipinski definition) is 2. The van der Waals surface area contributed by atoms with Crippen LogP contribution in [0, 0.1) is 11.8 Å². The van der Waals surface area contributed by atoms with E-state index in [0.29, 0.717) is 6.04 Å². The average Bonchev–Trinajstić information content (AvgIpc) is 2.34. The lowest BCUT2D eigenvalue weighted by atomic mass is 9.88. The third-order valence-corrected chi connectivity index (χ3v) is 3.09. The molecule has 2 nitrogen and oxygen atoms in total. The second-order valence-electron chi connectivity index (χ2n) is 3.66. The van der Waals surface area contributed by atoms with Gasteiger partial charge in [-0.15, -0.1) is 0 Å². The van der Waals surface area contributed by atoms with E-state index in [1.165, 1.54) is 32.4 Å². The van der Waals surface area contributed by atoms with Crippen molar-refractivity contribution in [2.24, 2.45) is 17.6 Å². The van der Waals surface area contributed by atoms with E-state index in [1.54, 1.807) is 0 Å². The number of fused-ring (bicyclic) bond motifs is 1. The monoisotopic (exact) mass is 140 g/mol. The Bertz CT molecular complexity index is 122. The van der Waals surface area contributed by atoms with Crippen molar-refractivity contribution in [3.05, 3.63) is 0 Å². The van der Waals surface area contributed by atoms with Gasteiger partial charge in [-0.3, -0.25) is 0 Å². The molecule has 1 saturated carbocycles. The van der Waals surface area contributed by atoms with Gasteiger partial charge in [0.25, 0.3) is 0 Å². The van der Waals surface area contributed by atoms with Gasteiger partial charge in [-0.2, -0.15) is 0 Å². The quantitative estimate of drug-likeness (QED) is 0.509. The molecule has 3 atom stereocenters. The van der Waals surface area contributed by atoms with Crippen molar-refractivity contribution in [1.29, 1.82) is 0 Å². The Morgan fingerprint density at radius 1 is 1.20 bits per heavy atom. The van der Waals surface area contributed by atoms with Crippen LogP contribution < -0.4 is 11.1 Å². The predicted octanol–water partition coefficient (Wildman–Crippen LogP) is 0.333. The van der Waals surface area contributed by atoms with Crippen LogP contribution in [0.15, 0.2) is 0 Å². The largest absolute Gasteiger partial charge is 0.327 e. The highest BCUT2D eigenvalue weighted by Gasteiger charge is 2.34. The van der Waals surface area contributed by atoms with Gasteiger partial charge in [0.05, 0.1) is 0 Å². The first-order valence-corrected chi connectivity index (χ1v) is 4.34. The van der Waals surface area contributed by atoms with Crippen molar-refractivity contribution in [2.75, 3.05) is 13.1 Å². The Morgan fingerprint density at radius 2 is 2.10 bits per heavy atom. The summed E-state index contributed by atoms with van der Waals surface area (Å²) >= 11 is 0. The van der Waals surface area contributed by atoms with Crippen LogP contribution in [0.5, 0.6) is 0 Å². The van der Waals surface area contributed by atoms with Crippen LogP contribution in [0.2, 0.25) is 0 Å². The van der Waals surface area contributed by atoms with Crippen LogP contribution in [0.25, 0.3) is 0 Å². The minimum atomic E-state index is 0.520. The first-order valence-electron chi connectivity index (χ1n) is 4.34. The Kier molecular flexibility index (Phi) is 1.66. The fourth-order valence-corrected chi connectivity index (χ4v) is 2.44. The van der Waals surface area contributed by atoms with E-state index in [-0.39, 0.29) is 0 Å². The maximum Gasteiger partial charge on any atom is 0.00708 e. The van der Waals surface area contributed by atoms with Gasteiger partial charge >= 0.3 is 0 Å². The van der Waals surface area contributed by atoms with E-state index in [1.807, 2.05) is 0 Å². The summed E-state index contributed by atoms with van der Waals surface area (Å²) < 4.78 is 0. The van der Waals surface area contributed by atoms with Crippen molar-refractivity contribution in [2.45, 2.75) is 25.3 Å². The van der Waals surface area contributed by atoms with Crippen molar-refractivity contribution >= 4 is 0 Å². The molecule has 1 aliphatic heterocycles. The lowest BCUT2D eigenvalue weighted by Crippen LogP contribution is -2.39. The van der Waals surface area contributed by atoms with Crippen molar-refractivity contribution < 1.29 is 0 Å². The molecule has 10 heavy (non-hydrogen) atoms. The second-order valence-corrected chi connectivity index (χ2v) is 3.66. The summed E-state index contributed by atoms with van der Waals surface area (Å²) in [5, 5.41) is 3.42. The van der Waals surface area contributed by atoms with Gasteiger partial charge in [-0.05, 0) is 44.2 Å². The standard InChI is InChI=1S/C8H16N2/c9-8-2-1-6-5-10-4-3-7(6)8/h6-8,10H,1-5,9H2/t6-,7-,8-/m0/s1. The normalized spacial score (nSPS) is 47.1. The predicted molar refractivity (Wildman–Crippen MR) is 41.7 cm³/mol. The number of nitrogens with one attached hydrogen (secondary N) is 1. The lowest BCUT2D eigenvalue weighted by Gasteiger charge is -2.28. The zero-order valence-electron chi connectivity index (χ0n) is 6.34. The van der Waals surface area contributed by atoms with E-state index < -0.39 is 0 Å². The maximum atomic E-state index is 5.96. The van der Waals surface area contributed by atoms with Crippen LogP contribution in [-0.2, 0) is 0 Å². The topological polar surface area (TPSA) is 38.0 Å². The van der Waals surface area contributed by atoms with E-state index in [4.69, 9.17) is 5.73 Å². The Morgan fingerprint density at radius 3 is 2.90 bits per heavy atom. The minimum absolute atomic E-state index is 0.520. The van der Waals surface area contributed by atoms with Gasteiger partial charge < -0.3 is 11.1 Å². The molecule has 2 aliphatic rings. The molecule has 0 aromatic carbocycles. The average molecular weight is 140 g/mol. The highest BCUT2D eigenvalue weighted by molar-refractivity contribution is 4.91. The molecular formula is C8H16N2. The molecule has 2 rings (SSSR count). The van der Waals surface area contributed by atoms with Crippen LogP contribution in [-0.4, -0.2) is 19.1 Å². The molecule has 1 heterocycles. The molecular weight excluding hydrogens is 124 g/mol. The third kappa shape index (κ3) is 0.956. The van der Waals surface area contributed by atoms with Crippen LogP contribution in [0.3, 0.4) is 0 Å². The first-order chi connectivity index (χ1) is 4.88. The van der Waals surface area contributed by atoms with Crippen molar-refractivity contribution in [3.8, 4) is 0 Å². The fourth-order valence-electron chi connectivity index (χ4n) is 2.44. The van der Waals surface area contributed by atoms with E-state index in [9.17, 15) is 0 Å². The molecule has 0 aromatic rings. The number of piperidine rings is 1. The minimum Gasteiger partial charge on any atom is -0.327 e. The first kappa shape index (κ1) is 6.62. The zero-order chi connectivity index (χ0) is 6.97. The van der Waals surface area contributed by atoms with Gasteiger partial charge in [0, 0.05) is 6.04 Å². The maximum absolute atomic E-state index is 5.96. The summed E-state index contributed by atoms with van der Waals surface area (Å²) in [6.45, 7) is 2.41. The van der Waals surface area contributed by atoms with Crippen LogP contribution in [0.1, 0.15) is 19.3 Å². The molecule has 1 saturated heterocycles. The molecule has 2 heteroatoms. The van der Waals surface area contributed by atoms with Gasteiger partial charge in [-0.25, -0.2) is 0 Å². The summed E-state index contributed by atoms with van der Waals surface area (Å²) in [4.78, 5) is 0. The zero-order valence-corrected chi connectivity index (χ0v) is 6.34. The Labute approximate surface area is 62.2 Å². The van der Waals surface area contributed by atoms with Gasteiger partial charge in [-0.1, -0.05) is 0 Å². The Hall–Kier alpha value is -0.0800. The van der Waals surface area contributed by atoms with E-state index in [0.717, 1.165) is 11.8 Å². The summed E-state index contributed by atoms with van der Waals surface area (Å²) in [5.74, 6) is 1.75. The summed E-state index contributed by atoms with van der Waals surface area (Å²) in [6.07, 6.45) is 3.93. The molecule has 0 amide bonds. The van der Waals surface area contributed by atoms with E-state index in [2.05, 4.69) is 5.32 Å². The van der Waals surface area contributed by atoms with Crippen LogP contribution in [0.4, 0.5) is 0 Å². The van der Waals surface area contributed by atoms with Gasteiger partial charge in [0.1, 0.15) is 0 Å². The number of nitrogens with two attached hydrogens (primary N) is 1. The smallest absolute Gasteiger partial charge is 0.00708 e. The second kappa shape index (κ2) is 2.51. The molecule has 0 aromatic heterocycles. The number of hydrogen-bond acceptors (Lipinski definition) is 2.